The number of hydrogen-bond acceptors (Lipinski definition) is 8. The number of carbonyl (C=O) groups excluding carboxylic acids is 1. The number of aryl methyl sites for hydroxylation is 1. The number of likely N-dealkylation sites (N-methyl/N-ethyl adjacent to an activating group) is 1. The van der Waals surface area contributed by atoms with Gasteiger partial charge in [0.25, 0.3) is 5.91 Å². The smallest absolute Gasteiger partial charge is 0.289 e. The molecule has 1 unspecified atom stereocenters. The second-order valence-corrected chi connectivity index (χ2v) is 12.3. The maximum Gasteiger partial charge on any atom is 0.289 e. The number of carbonyl (C=O) groups is 1. The molecule has 1 amide bonds. The van der Waals surface area contributed by atoms with Gasteiger partial charge in [-0.15, -0.1) is 0 Å². The van der Waals surface area contributed by atoms with Crippen LogP contribution in [0.1, 0.15) is 23.5 Å². The van der Waals surface area contributed by atoms with Crippen LogP contribution in [0.4, 0.5) is 0 Å². The average molecular weight is 555 g/mol. The number of piperidine rings is 1. The largest absolute Gasteiger partial charge is 0.492 e. The Morgan fingerprint density at radius 2 is 1.95 bits per heavy atom. The highest BCUT2D eigenvalue weighted by molar-refractivity contribution is 7.89. The molecular weight excluding hydrogens is 520 g/mol. The van der Waals surface area contributed by atoms with Gasteiger partial charge in [0.1, 0.15) is 10.6 Å². The van der Waals surface area contributed by atoms with E-state index in [-0.39, 0.29) is 35.1 Å². The molecule has 11 nitrogen and oxygen atoms in total. The van der Waals surface area contributed by atoms with Crippen LogP contribution in [-0.4, -0.2) is 96.2 Å². The highest BCUT2D eigenvalue weighted by atomic mass is 32.2. The van der Waals surface area contributed by atoms with Gasteiger partial charge in [0.2, 0.25) is 10.0 Å². The van der Waals surface area contributed by atoms with E-state index in [1.165, 1.54) is 6.07 Å². The van der Waals surface area contributed by atoms with Crippen molar-refractivity contribution < 1.29 is 23.1 Å². The summed E-state index contributed by atoms with van der Waals surface area (Å²) in [7, 11) is -0.235. The first-order valence-corrected chi connectivity index (χ1v) is 14.4. The van der Waals surface area contributed by atoms with E-state index in [9.17, 15) is 18.3 Å². The minimum absolute atomic E-state index is 0.0221. The van der Waals surface area contributed by atoms with E-state index in [2.05, 4.69) is 14.7 Å². The number of aromatic nitrogens is 3. The monoisotopic (exact) mass is 554 g/mol. The summed E-state index contributed by atoms with van der Waals surface area (Å²) in [5, 5.41) is 10.6. The number of likely N-dealkylation sites (tertiary alicyclic amines) is 1. The van der Waals surface area contributed by atoms with Crippen LogP contribution in [0.25, 0.3) is 11.1 Å². The summed E-state index contributed by atoms with van der Waals surface area (Å²) < 4.78 is 37.1. The van der Waals surface area contributed by atoms with Crippen molar-refractivity contribution in [2.75, 3.05) is 46.4 Å². The molecule has 1 aromatic carbocycles. The van der Waals surface area contributed by atoms with Crippen molar-refractivity contribution >= 4 is 15.9 Å². The number of aliphatic hydroxyl groups excluding tert-OH is 1. The van der Waals surface area contributed by atoms with Crippen LogP contribution < -0.4 is 9.46 Å². The maximum atomic E-state index is 13.2. The van der Waals surface area contributed by atoms with Crippen molar-refractivity contribution in [3.63, 3.8) is 0 Å². The van der Waals surface area contributed by atoms with Crippen LogP contribution in [0.15, 0.2) is 60.0 Å². The van der Waals surface area contributed by atoms with Gasteiger partial charge in [-0.2, -0.15) is 0 Å². The van der Waals surface area contributed by atoms with Gasteiger partial charge in [-0.3, -0.25) is 9.78 Å². The van der Waals surface area contributed by atoms with Crippen LogP contribution in [-0.2, 0) is 17.1 Å². The Kier molecular flexibility index (Phi) is 7.72. The Labute approximate surface area is 228 Å². The molecule has 1 fully saturated rings. The van der Waals surface area contributed by atoms with Crippen molar-refractivity contribution in [1.29, 1.82) is 0 Å². The van der Waals surface area contributed by atoms with Gasteiger partial charge in [0, 0.05) is 75.5 Å². The van der Waals surface area contributed by atoms with Gasteiger partial charge in [-0.25, -0.2) is 18.1 Å². The van der Waals surface area contributed by atoms with Crippen LogP contribution in [0.3, 0.4) is 0 Å². The highest BCUT2D eigenvalue weighted by Crippen LogP contribution is 2.37. The average Bonchev–Trinajstić information content (AvgIpc) is 3.36. The lowest BCUT2D eigenvalue weighted by molar-refractivity contribution is 0.0154. The first kappa shape index (κ1) is 27.3. The SMILES string of the molecule is CN1CC(O)CNS(=O)(=O)c2ccc(-c3cccnc3)cc2OCC2(CCN(C(=O)c3nccn3C)CC2)C1. The molecule has 3 aromatic rings. The Morgan fingerprint density at radius 1 is 1.15 bits per heavy atom. The zero-order chi connectivity index (χ0) is 27.6. The number of rotatable bonds is 2. The number of β-amino-alcohol motifs (C(OH)–C–C–N with tert-alkyl or cyclic N) is 1. The number of imidazole rings is 1. The molecule has 39 heavy (non-hydrogen) atoms. The highest BCUT2D eigenvalue weighted by Gasteiger charge is 2.39. The second kappa shape index (κ2) is 11.0. The van der Waals surface area contributed by atoms with E-state index in [1.807, 2.05) is 24.1 Å². The Morgan fingerprint density at radius 3 is 2.64 bits per heavy atom. The van der Waals surface area contributed by atoms with E-state index >= 15 is 0 Å². The number of amides is 1. The quantitative estimate of drug-likeness (QED) is 0.486. The summed E-state index contributed by atoms with van der Waals surface area (Å²) in [5.41, 5.74) is 1.27. The molecule has 208 valence electrons. The van der Waals surface area contributed by atoms with Crippen molar-refractivity contribution in [2.24, 2.45) is 12.5 Å². The van der Waals surface area contributed by atoms with Crippen LogP contribution in [0.5, 0.6) is 5.75 Å². The normalized spacial score (nSPS) is 21.8. The molecule has 2 aliphatic rings. The Bertz CT molecular complexity index is 1420. The number of nitrogens with zero attached hydrogens (tertiary/aromatic N) is 5. The minimum Gasteiger partial charge on any atom is -0.492 e. The molecule has 2 aliphatic heterocycles. The molecule has 1 spiro atoms. The molecule has 5 rings (SSSR count). The van der Waals surface area contributed by atoms with E-state index in [4.69, 9.17) is 4.74 Å². The third-order valence-electron chi connectivity index (χ3n) is 7.52. The number of nitrogens with one attached hydrogen (secondary N) is 1. The van der Waals surface area contributed by atoms with E-state index < -0.39 is 16.1 Å². The van der Waals surface area contributed by atoms with E-state index in [1.54, 1.807) is 53.4 Å². The third-order valence-corrected chi connectivity index (χ3v) is 8.99. The number of hydrogen-bond donors (Lipinski definition) is 2. The van der Waals surface area contributed by atoms with Crippen molar-refractivity contribution in [3.05, 3.63) is 60.9 Å². The lowest BCUT2D eigenvalue weighted by atomic mass is 9.78. The molecule has 0 aliphatic carbocycles. The lowest BCUT2D eigenvalue weighted by Gasteiger charge is -2.43. The Hall–Kier alpha value is -3.32. The molecule has 4 heterocycles. The summed E-state index contributed by atoms with van der Waals surface area (Å²) in [6.45, 7) is 2.11. The summed E-state index contributed by atoms with van der Waals surface area (Å²) in [5.74, 6) is 0.530. The predicted octanol–water partition coefficient (Wildman–Crippen LogP) is 1.37. The topological polar surface area (TPSA) is 130 Å². The number of sulfonamides is 1. The minimum atomic E-state index is -3.94. The predicted molar refractivity (Wildman–Crippen MR) is 145 cm³/mol. The van der Waals surface area contributed by atoms with Crippen molar-refractivity contribution in [2.45, 2.75) is 23.8 Å². The van der Waals surface area contributed by atoms with Gasteiger partial charge in [0.05, 0.1) is 12.7 Å². The summed E-state index contributed by atoms with van der Waals surface area (Å²) in [6, 6.07) is 8.71. The van der Waals surface area contributed by atoms with Gasteiger partial charge in [0.15, 0.2) is 5.82 Å². The number of pyridine rings is 1. The molecular formula is C27H34N6O5S. The molecule has 0 saturated carbocycles. The summed E-state index contributed by atoms with van der Waals surface area (Å²) in [4.78, 5) is 25.3. The molecule has 1 atom stereocenters. The van der Waals surface area contributed by atoms with Crippen LogP contribution in [0.2, 0.25) is 0 Å². The van der Waals surface area contributed by atoms with Gasteiger partial charge >= 0.3 is 0 Å². The molecule has 0 radical (unpaired) electrons. The number of benzene rings is 1. The molecule has 0 bridgehead atoms. The second-order valence-electron chi connectivity index (χ2n) is 10.5. The summed E-state index contributed by atoms with van der Waals surface area (Å²) in [6.07, 6.45) is 7.19. The first-order chi connectivity index (χ1) is 18.7. The zero-order valence-electron chi connectivity index (χ0n) is 22.2. The van der Waals surface area contributed by atoms with Gasteiger partial charge in [-0.1, -0.05) is 12.1 Å². The molecule has 12 heteroatoms. The maximum absolute atomic E-state index is 13.2. The van der Waals surface area contributed by atoms with Gasteiger partial charge < -0.3 is 24.2 Å². The van der Waals surface area contributed by atoms with Crippen molar-refractivity contribution in [1.82, 2.24) is 29.1 Å². The van der Waals surface area contributed by atoms with E-state index in [0.29, 0.717) is 44.8 Å². The first-order valence-electron chi connectivity index (χ1n) is 13.0. The molecule has 2 aromatic heterocycles. The lowest BCUT2D eigenvalue weighted by Crippen LogP contribution is -2.51. The van der Waals surface area contributed by atoms with Crippen molar-refractivity contribution in [3.8, 4) is 16.9 Å². The van der Waals surface area contributed by atoms with Crippen LogP contribution >= 0.6 is 0 Å². The van der Waals surface area contributed by atoms with Gasteiger partial charge in [-0.05, 0) is 43.7 Å². The fraction of sp³-hybridized carbons (Fsp3) is 0.444. The summed E-state index contributed by atoms with van der Waals surface area (Å²) >= 11 is 0. The number of fused-ring (bicyclic) bond motifs is 1. The number of ether oxygens (including phenoxy) is 1. The third kappa shape index (κ3) is 5.98. The van der Waals surface area contributed by atoms with E-state index in [0.717, 1.165) is 11.1 Å². The number of aliphatic hydroxyl groups is 1. The molecule has 1 saturated heterocycles. The standard InChI is InChI=1S/C27H34N6O5S/c1-31-17-22(34)16-30-39(36,37)24-6-5-20(21-4-3-9-28-15-21)14-23(24)38-19-27(18-31)7-11-33(12-8-27)26(35)25-29-10-13-32(25)2/h3-6,9-10,13-15,22,30,34H,7-8,11-12,16-19H2,1-2H3. The zero-order valence-corrected chi connectivity index (χ0v) is 23.0. The van der Waals surface area contributed by atoms with Crippen LogP contribution in [0, 0.1) is 5.41 Å². The molecule has 2 N–H and O–H groups in total. The fourth-order valence-electron chi connectivity index (χ4n) is 5.38. The Balaban J connectivity index is 1.45. The fourth-order valence-corrected chi connectivity index (χ4v) is 6.57.